The van der Waals surface area contributed by atoms with Gasteiger partial charge < -0.3 is 9.84 Å². The fraction of sp³-hybridized carbons (Fsp3) is 0.952. The Balaban J connectivity index is 1.58. The van der Waals surface area contributed by atoms with Crippen molar-refractivity contribution in [3.05, 3.63) is 0 Å². The van der Waals surface area contributed by atoms with Crippen molar-refractivity contribution in [1.29, 1.82) is 0 Å². The highest BCUT2D eigenvalue weighted by atomic mass is 16.5. The summed E-state index contributed by atoms with van der Waals surface area (Å²) < 4.78 is 5.50. The predicted molar refractivity (Wildman–Crippen MR) is 93.3 cm³/mol. The maximum Gasteiger partial charge on any atom is 0.302 e. The molecule has 4 saturated carbocycles. The second-order valence-corrected chi connectivity index (χ2v) is 9.88. The van der Waals surface area contributed by atoms with Crippen molar-refractivity contribution in [2.75, 3.05) is 0 Å². The van der Waals surface area contributed by atoms with Gasteiger partial charge in [-0.05, 0) is 85.9 Å². The summed E-state index contributed by atoms with van der Waals surface area (Å²) in [6.45, 7) is 6.46. The highest BCUT2D eigenvalue weighted by Crippen LogP contribution is 2.66. The lowest BCUT2D eigenvalue weighted by Gasteiger charge is -2.61. The number of carbonyl (C=O) groups is 1. The van der Waals surface area contributed by atoms with Gasteiger partial charge in [-0.2, -0.15) is 0 Å². The molecule has 0 aliphatic heterocycles. The Labute approximate surface area is 146 Å². The number of aliphatic hydroxyl groups excluding tert-OH is 1. The van der Waals surface area contributed by atoms with Crippen LogP contribution in [0.3, 0.4) is 0 Å². The van der Waals surface area contributed by atoms with Crippen LogP contribution in [0.1, 0.15) is 78.6 Å². The first kappa shape index (κ1) is 16.9. The van der Waals surface area contributed by atoms with Crippen LogP contribution in [-0.2, 0) is 9.53 Å². The fourth-order valence-electron chi connectivity index (χ4n) is 7.60. The Hall–Kier alpha value is -0.570. The van der Waals surface area contributed by atoms with Gasteiger partial charge in [-0.1, -0.05) is 20.3 Å². The topological polar surface area (TPSA) is 46.5 Å². The average molecular weight is 335 g/mol. The lowest BCUT2D eigenvalue weighted by atomic mass is 9.44. The zero-order valence-corrected chi connectivity index (χ0v) is 15.6. The standard InChI is InChI=1S/C21H34O3/c1-13(22)24-14-6-10-21(3)17-7-9-20(2)8-4-5-16(20)15(17)12-19(23)18(21)11-14/h14-19,23H,4-12H2,1-3H3/t14-,15-,16-,17-,18-,19+,20+,21-/m1/s1. The highest BCUT2D eigenvalue weighted by Gasteiger charge is 2.60. The van der Waals surface area contributed by atoms with E-state index in [4.69, 9.17) is 4.74 Å². The molecule has 136 valence electrons. The number of rotatable bonds is 1. The number of carbonyl (C=O) groups excluding carboxylic acids is 1. The van der Waals surface area contributed by atoms with Crippen molar-refractivity contribution in [2.45, 2.75) is 90.8 Å². The Bertz CT molecular complexity index is 517. The van der Waals surface area contributed by atoms with Crippen LogP contribution in [0.4, 0.5) is 0 Å². The smallest absolute Gasteiger partial charge is 0.302 e. The molecule has 0 aromatic carbocycles. The van der Waals surface area contributed by atoms with E-state index in [1.54, 1.807) is 0 Å². The quantitative estimate of drug-likeness (QED) is 0.726. The largest absolute Gasteiger partial charge is 0.463 e. The van der Waals surface area contributed by atoms with Crippen LogP contribution in [0.2, 0.25) is 0 Å². The Morgan fingerprint density at radius 1 is 1.00 bits per heavy atom. The molecule has 0 amide bonds. The van der Waals surface area contributed by atoms with Gasteiger partial charge in [-0.15, -0.1) is 0 Å². The molecule has 1 N–H and O–H groups in total. The minimum Gasteiger partial charge on any atom is -0.463 e. The molecule has 0 heterocycles. The van der Waals surface area contributed by atoms with Gasteiger partial charge in [-0.25, -0.2) is 0 Å². The van der Waals surface area contributed by atoms with Crippen LogP contribution in [0, 0.1) is 34.5 Å². The molecule has 3 nitrogen and oxygen atoms in total. The molecule has 0 spiro atoms. The van der Waals surface area contributed by atoms with E-state index in [1.165, 1.54) is 39.0 Å². The van der Waals surface area contributed by atoms with Crippen LogP contribution < -0.4 is 0 Å². The zero-order valence-electron chi connectivity index (χ0n) is 15.6. The molecule has 0 aromatic rings. The Morgan fingerprint density at radius 3 is 2.54 bits per heavy atom. The predicted octanol–water partition coefficient (Wildman–Crippen LogP) is 4.32. The van der Waals surface area contributed by atoms with Gasteiger partial charge in [0, 0.05) is 6.92 Å². The summed E-state index contributed by atoms with van der Waals surface area (Å²) in [6, 6.07) is 0. The minimum atomic E-state index is -0.211. The van der Waals surface area contributed by atoms with Crippen molar-refractivity contribution >= 4 is 5.97 Å². The first-order chi connectivity index (χ1) is 11.3. The van der Waals surface area contributed by atoms with Crippen LogP contribution in [0.15, 0.2) is 0 Å². The molecular formula is C21H34O3. The van der Waals surface area contributed by atoms with E-state index in [2.05, 4.69) is 13.8 Å². The summed E-state index contributed by atoms with van der Waals surface area (Å²) in [5, 5.41) is 11.0. The second-order valence-electron chi connectivity index (χ2n) is 9.88. The van der Waals surface area contributed by atoms with Gasteiger partial charge in [0.1, 0.15) is 6.10 Å². The first-order valence-electron chi connectivity index (χ1n) is 10.2. The summed E-state index contributed by atoms with van der Waals surface area (Å²) in [7, 11) is 0. The summed E-state index contributed by atoms with van der Waals surface area (Å²) in [4.78, 5) is 11.3. The van der Waals surface area contributed by atoms with Crippen molar-refractivity contribution < 1.29 is 14.6 Å². The molecule has 8 atom stereocenters. The molecule has 24 heavy (non-hydrogen) atoms. The van der Waals surface area contributed by atoms with Crippen molar-refractivity contribution in [3.63, 3.8) is 0 Å². The maximum absolute atomic E-state index is 11.3. The van der Waals surface area contributed by atoms with Crippen LogP contribution in [0.25, 0.3) is 0 Å². The summed E-state index contributed by atoms with van der Waals surface area (Å²) in [6.07, 6.45) is 10.6. The summed E-state index contributed by atoms with van der Waals surface area (Å²) >= 11 is 0. The van der Waals surface area contributed by atoms with E-state index >= 15 is 0 Å². The Kier molecular flexibility index (Phi) is 4.02. The van der Waals surface area contributed by atoms with Crippen molar-refractivity contribution in [1.82, 2.24) is 0 Å². The highest BCUT2D eigenvalue weighted by molar-refractivity contribution is 5.66. The van der Waals surface area contributed by atoms with Crippen molar-refractivity contribution in [2.24, 2.45) is 34.5 Å². The van der Waals surface area contributed by atoms with Gasteiger partial charge in [0.15, 0.2) is 0 Å². The molecule has 0 aromatic heterocycles. The van der Waals surface area contributed by atoms with Gasteiger partial charge in [0.25, 0.3) is 0 Å². The normalized spacial score (nSPS) is 53.7. The molecular weight excluding hydrogens is 300 g/mol. The number of ether oxygens (including phenoxy) is 1. The molecule has 0 saturated heterocycles. The monoisotopic (exact) mass is 334 g/mol. The second kappa shape index (κ2) is 5.72. The number of hydrogen-bond acceptors (Lipinski definition) is 3. The van der Waals surface area contributed by atoms with Gasteiger partial charge in [0.05, 0.1) is 6.10 Å². The fourth-order valence-corrected chi connectivity index (χ4v) is 7.60. The number of aliphatic hydroxyl groups is 1. The van der Waals surface area contributed by atoms with Gasteiger partial charge in [0.2, 0.25) is 0 Å². The molecule has 4 aliphatic rings. The van der Waals surface area contributed by atoms with Gasteiger partial charge >= 0.3 is 5.97 Å². The lowest BCUT2D eigenvalue weighted by molar-refractivity contribution is -0.179. The van der Waals surface area contributed by atoms with E-state index in [1.807, 2.05) is 0 Å². The van der Waals surface area contributed by atoms with E-state index in [0.29, 0.717) is 17.3 Å². The minimum absolute atomic E-state index is 0.0205. The van der Waals surface area contributed by atoms with E-state index in [-0.39, 0.29) is 23.6 Å². The SMILES string of the molecule is CC(=O)O[C@@H]1CC[C@]2(C)[C@@H]3CC[C@]4(C)CCC[C@@H]4[C@H]3C[C@H](O)[C@H]2C1. The van der Waals surface area contributed by atoms with Crippen LogP contribution >= 0.6 is 0 Å². The number of esters is 1. The molecule has 4 fully saturated rings. The molecule has 3 heteroatoms. The number of fused-ring (bicyclic) bond motifs is 5. The molecule has 4 rings (SSSR count). The summed E-state index contributed by atoms with van der Waals surface area (Å²) in [5.74, 6) is 2.44. The molecule has 0 radical (unpaired) electrons. The first-order valence-corrected chi connectivity index (χ1v) is 10.2. The number of hydrogen-bond donors (Lipinski definition) is 1. The van der Waals surface area contributed by atoms with E-state index < -0.39 is 0 Å². The third kappa shape index (κ3) is 2.45. The van der Waals surface area contributed by atoms with Crippen LogP contribution in [-0.4, -0.2) is 23.3 Å². The maximum atomic E-state index is 11.3. The average Bonchev–Trinajstić information content (AvgIpc) is 2.90. The van der Waals surface area contributed by atoms with Crippen LogP contribution in [0.5, 0.6) is 0 Å². The lowest BCUT2D eigenvalue weighted by Crippen LogP contribution is -2.58. The molecule has 0 unspecified atom stereocenters. The molecule has 0 bridgehead atoms. The molecule has 4 aliphatic carbocycles. The Morgan fingerprint density at radius 2 is 1.79 bits per heavy atom. The van der Waals surface area contributed by atoms with E-state index in [9.17, 15) is 9.90 Å². The van der Waals surface area contributed by atoms with E-state index in [0.717, 1.165) is 37.5 Å². The third-order valence-electron chi connectivity index (χ3n) is 8.74. The summed E-state index contributed by atoms with van der Waals surface area (Å²) in [5.41, 5.74) is 0.780. The zero-order chi connectivity index (χ0) is 17.1. The van der Waals surface area contributed by atoms with Gasteiger partial charge in [-0.3, -0.25) is 4.79 Å². The third-order valence-corrected chi connectivity index (χ3v) is 8.74. The van der Waals surface area contributed by atoms with Crippen molar-refractivity contribution in [3.8, 4) is 0 Å².